The number of amides is 2. The predicted octanol–water partition coefficient (Wildman–Crippen LogP) is 7.86. The van der Waals surface area contributed by atoms with Crippen molar-refractivity contribution in [3.8, 4) is 0 Å². The van der Waals surface area contributed by atoms with Gasteiger partial charge in [0.05, 0.1) is 12.5 Å². The van der Waals surface area contributed by atoms with Crippen molar-refractivity contribution >= 4 is 23.8 Å². The first-order chi connectivity index (χ1) is 20.3. The number of carbonyl (C=O) groups excluding carboxylic acids is 3. The monoisotopic (exact) mass is 596 g/mol. The molecule has 0 rings (SSSR count). The minimum atomic E-state index is -0.973. The Morgan fingerprint density at radius 2 is 1.12 bits per heavy atom. The van der Waals surface area contributed by atoms with Crippen molar-refractivity contribution in [1.29, 1.82) is 0 Å². The highest BCUT2D eigenvalue weighted by Crippen LogP contribution is 2.17. The SMILES string of the molecule is CCCCCCCCCCCC(=O)NCCCCC(NC(=O)CC(CCCCCCCCCC)C(=O)O)C(=O)OCC. The Kier molecular flexibility index (Phi) is 27.5. The number of carbonyl (C=O) groups is 4. The lowest BCUT2D eigenvalue weighted by atomic mass is 9.96. The summed E-state index contributed by atoms with van der Waals surface area (Å²) < 4.78 is 5.14. The number of unbranched alkanes of at least 4 members (excludes halogenated alkanes) is 16. The van der Waals surface area contributed by atoms with Crippen molar-refractivity contribution in [2.24, 2.45) is 5.92 Å². The van der Waals surface area contributed by atoms with E-state index in [1.807, 2.05) is 0 Å². The standard InChI is InChI=1S/C34H64N2O6/c1-4-7-9-11-13-15-17-19-21-26-31(37)35-27-23-22-25-30(34(41)42-6-3)36-32(38)28-29(33(39)40)24-20-18-16-14-12-10-8-5-2/h29-30H,4-28H2,1-3H3,(H,35,37)(H,36,38)(H,39,40). The van der Waals surface area contributed by atoms with E-state index < -0.39 is 29.8 Å². The van der Waals surface area contributed by atoms with Crippen LogP contribution < -0.4 is 10.6 Å². The molecular weight excluding hydrogens is 532 g/mol. The lowest BCUT2D eigenvalue weighted by Gasteiger charge is -2.19. The van der Waals surface area contributed by atoms with E-state index in [-0.39, 0.29) is 18.9 Å². The number of esters is 1. The van der Waals surface area contributed by atoms with Gasteiger partial charge < -0.3 is 20.5 Å². The first-order valence-electron chi connectivity index (χ1n) is 17.3. The minimum absolute atomic E-state index is 0.0596. The number of rotatable bonds is 30. The molecule has 0 spiro atoms. The second-order valence-corrected chi connectivity index (χ2v) is 11.8. The average Bonchev–Trinajstić information content (AvgIpc) is 2.96. The molecule has 2 atom stereocenters. The van der Waals surface area contributed by atoms with E-state index >= 15 is 0 Å². The van der Waals surface area contributed by atoms with Crippen molar-refractivity contribution < 1.29 is 29.0 Å². The molecule has 0 saturated carbocycles. The molecule has 2 unspecified atom stereocenters. The summed E-state index contributed by atoms with van der Waals surface area (Å²) in [6.07, 6.45) is 22.5. The number of nitrogens with one attached hydrogen (secondary N) is 2. The number of hydrogen-bond donors (Lipinski definition) is 3. The number of aliphatic carboxylic acids is 1. The molecule has 0 saturated heterocycles. The molecule has 0 aromatic rings. The molecule has 0 bridgehead atoms. The summed E-state index contributed by atoms with van der Waals surface area (Å²) in [5, 5.41) is 15.3. The van der Waals surface area contributed by atoms with E-state index in [2.05, 4.69) is 24.5 Å². The van der Waals surface area contributed by atoms with Gasteiger partial charge >= 0.3 is 11.9 Å². The fraction of sp³-hybridized carbons (Fsp3) is 0.882. The van der Waals surface area contributed by atoms with Crippen LogP contribution in [0.4, 0.5) is 0 Å². The number of carboxylic acids is 1. The number of carboxylic acid groups (broad SMARTS) is 1. The van der Waals surface area contributed by atoms with Crippen LogP contribution in [0.1, 0.15) is 168 Å². The molecule has 3 N–H and O–H groups in total. The molecule has 0 fully saturated rings. The molecule has 42 heavy (non-hydrogen) atoms. The smallest absolute Gasteiger partial charge is 0.328 e. The summed E-state index contributed by atoms with van der Waals surface area (Å²) >= 11 is 0. The van der Waals surface area contributed by atoms with E-state index in [0.29, 0.717) is 38.6 Å². The molecule has 0 aliphatic rings. The van der Waals surface area contributed by atoms with Crippen molar-refractivity contribution in [3.05, 3.63) is 0 Å². The fourth-order valence-electron chi connectivity index (χ4n) is 5.19. The first kappa shape index (κ1) is 39.9. The van der Waals surface area contributed by atoms with Crippen LogP contribution in [0.15, 0.2) is 0 Å². The maximum atomic E-state index is 12.7. The van der Waals surface area contributed by atoms with Crippen molar-refractivity contribution in [3.63, 3.8) is 0 Å². The van der Waals surface area contributed by atoms with E-state index in [1.54, 1.807) is 6.92 Å². The zero-order valence-electron chi connectivity index (χ0n) is 27.3. The Balaban J connectivity index is 4.26. The number of ether oxygens (including phenoxy) is 1. The highest BCUT2D eigenvalue weighted by atomic mass is 16.5. The maximum absolute atomic E-state index is 12.7. The van der Waals surface area contributed by atoms with Crippen LogP contribution in [-0.4, -0.2) is 48.1 Å². The van der Waals surface area contributed by atoms with Gasteiger partial charge in [0.15, 0.2) is 0 Å². The highest BCUT2D eigenvalue weighted by Gasteiger charge is 2.26. The van der Waals surface area contributed by atoms with Gasteiger partial charge in [0.25, 0.3) is 0 Å². The molecule has 8 heteroatoms. The summed E-state index contributed by atoms with van der Waals surface area (Å²) in [6, 6.07) is -0.812. The predicted molar refractivity (Wildman–Crippen MR) is 170 cm³/mol. The Morgan fingerprint density at radius 3 is 1.64 bits per heavy atom. The molecule has 0 radical (unpaired) electrons. The third-order valence-electron chi connectivity index (χ3n) is 7.84. The number of hydrogen-bond acceptors (Lipinski definition) is 5. The summed E-state index contributed by atoms with van der Waals surface area (Å²) in [4.78, 5) is 49.0. The summed E-state index contributed by atoms with van der Waals surface area (Å²) in [5.74, 6) is -2.61. The van der Waals surface area contributed by atoms with Gasteiger partial charge in [-0.2, -0.15) is 0 Å². The van der Waals surface area contributed by atoms with Crippen LogP contribution in [0.3, 0.4) is 0 Å². The van der Waals surface area contributed by atoms with E-state index in [4.69, 9.17) is 4.74 Å². The van der Waals surface area contributed by atoms with Crippen molar-refractivity contribution in [2.75, 3.05) is 13.2 Å². The Labute approximate surface area is 256 Å². The largest absolute Gasteiger partial charge is 0.481 e. The molecule has 2 amide bonds. The van der Waals surface area contributed by atoms with E-state index in [0.717, 1.165) is 32.1 Å². The van der Waals surface area contributed by atoms with Crippen molar-refractivity contribution in [2.45, 2.75) is 174 Å². The van der Waals surface area contributed by atoms with Crippen LogP contribution in [0.25, 0.3) is 0 Å². The Morgan fingerprint density at radius 1 is 0.619 bits per heavy atom. The second-order valence-electron chi connectivity index (χ2n) is 11.8. The third-order valence-corrected chi connectivity index (χ3v) is 7.84. The molecule has 246 valence electrons. The lowest BCUT2D eigenvalue weighted by molar-refractivity contribution is -0.148. The summed E-state index contributed by atoms with van der Waals surface area (Å²) in [7, 11) is 0. The third kappa shape index (κ3) is 24.5. The Hall–Kier alpha value is -2.12. The van der Waals surface area contributed by atoms with Gasteiger partial charge in [-0.15, -0.1) is 0 Å². The molecular formula is C34H64N2O6. The zero-order chi connectivity index (χ0) is 31.3. The topological polar surface area (TPSA) is 122 Å². The van der Waals surface area contributed by atoms with Crippen molar-refractivity contribution in [1.82, 2.24) is 10.6 Å². The summed E-state index contributed by atoms with van der Waals surface area (Å²) in [5.41, 5.74) is 0. The van der Waals surface area contributed by atoms with Gasteiger partial charge in [-0.1, -0.05) is 117 Å². The van der Waals surface area contributed by atoms with Gasteiger partial charge in [-0.05, 0) is 39.0 Å². The fourth-order valence-corrected chi connectivity index (χ4v) is 5.19. The summed E-state index contributed by atoms with van der Waals surface area (Å²) in [6.45, 7) is 6.86. The van der Waals surface area contributed by atoms with Gasteiger partial charge in [0, 0.05) is 19.4 Å². The van der Waals surface area contributed by atoms with E-state index in [1.165, 1.54) is 77.0 Å². The van der Waals surface area contributed by atoms with Gasteiger partial charge in [-0.25, -0.2) is 4.79 Å². The molecule has 0 heterocycles. The molecule has 0 aromatic heterocycles. The average molecular weight is 597 g/mol. The quantitative estimate of drug-likeness (QED) is 0.0573. The Bertz CT molecular complexity index is 700. The van der Waals surface area contributed by atoms with Crippen LogP contribution >= 0.6 is 0 Å². The van der Waals surface area contributed by atoms with Crippen LogP contribution in [0, 0.1) is 5.92 Å². The van der Waals surface area contributed by atoms with Gasteiger partial charge in [0.1, 0.15) is 6.04 Å². The highest BCUT2D eigenvalue weighted by molar-refractivity contribution is 5.86. The van der Waals surface area contributed by atoms with Crippen LogP contribution in [0.5, 0.6) is 0 Å². The molecule has 0 aliphatic heterocycles. The zero-order valence-corrected chi connectivity index (χ0v) is 27.3. The van der Waals surface area contributed by atoms with Crippen LogP contribution in [0.2, 0.25) is 0 Å². The molecule has 0 aliphatic carbocycles. The maximum Gasteiger partial charge on any atom is 0.328 e. The van der Waals surface area contributed by atoms with Gasteiger partial charge in [-0.3, -0.25) is 14.4 Å². The van der Waals surface area contributed by atoms with Crippen LogP contribution in [-0.2, 0) is 23.9 Å². The minimum Gasteiger partial charge on any atom is -0.481 e. The normalized spacial score (nSPS) is 12.5. The second kappa shape index (κ2) is 29.0. The lowest BCUT2D eigenvalue weighted by Crippen LogP contribution is -2.43. The molecule has 0 aromatic carbocycles. The van der Waals surface area contributed by atoms with E-state index in [9.17, 15) is 24.3 Å². The van der Waals surface area contributed by atoms with Gasteiger partial charge in [0.2, 0.25) is 11.8 Å². The first-order valence-corrected chi connectivity index (χ1v) is 17.3. The molecule has 8 nitrogen and oxygen atoms in total.